The van der Waals surface area contributed by atoms with E-state index >= 15 is 0 Å². The molecule has 0 aliphatic carbocycles. The molecule has 1 heterocycles. The molecule has 1 atom stereocenters. The molecule has 0 aromatic heterocycles. The molecule has 1 aromatic carbocycles. The van der Waals surface area contributed by atoms with E-state index in [9.17, 15) is 18.0 Å². The summed E-state index contributed by atoms with van der Waals surface area (Å²) < 4.78 is 31.9. The van der Waals surface area contributed by atoms with Crippen LogP contribution in [0.5, 0.6) is 0 Å². The van der Waals surface area contributed by atoms with Gasteiger partial charge in [0.2, 0.25) is 15.9 Å². The van der Waals surface area contributed by atoms with E-state index in [0.717, 1.165) is 5.56 Å². The van der Waals surface area contributed by atoms with E-state index in [1.807, 2.05) is 0 Å². The SMILES string of the molecule is CC(=O)[C@@H](N)CCC(=O)NCc1ccccc1CS(=O)(=O)N1CCOCC1. The van der Waals surface area contributed by atoms with Crippen LogP contribution in [0.2, 0.25) is 0 Å². The Hall–Kier alpha value is -1.81. The lowest BCUT2D eigenvalue weighted by Gasteiger charge is -2.26. The molecular weight excluding hydrogens is 370 g/mol. The molecule has 0 bridgehead atoms. The minimum atomic E-state index is -3.44. The average Bonchev–Trinajstić information content (AvgIpc) is 2.65. The second-order valence-electron chi connectivity index (χ2n) is 6.57. The second kappa shape index (κ2) is 9.93. The number of hydrogen-bond donors (Lipinski definition) is 2. The highest BCUT2D eigenvalue weighted by Gasteiger charge is 2.25. The van der Waals surface area contributed by atoms with Gasteiger partial charge in [0.25, 0.3) is 0 Å². The molecule has 1 aliphatic heterocycles. The molecule has 27 heavy (non-hydrogen) atoms. The van der Waals surface area contributed by atoms with Gasteiger partial charge in [0.1, 0.15) is 5.78 Å². The number of morpholine rings is 1. The molecule has 0 unspecified atom stereocenters. The largest absolute Gasteiger partial charge is 0.379 e. The minimum Gasteiger partial charge on any atom is -0.379 e. The Morgan fingerprint density at radius 1 is 1.22 bits per heavy atom. The zero-order valence-electron chi connectivity index (χ0n) is 15.5. The first kappa shape index (κ1) is 21.5. The van der Waals surface area contributed by atoms with Gasteiger partial charge in [-0.05, 0) is 24.5 Å². The lowest BCUT2D eigenvalue weighted by molar-refractivity contribution is -0.121. The molecule has 1 aromatic rings. The second-order valence-corrected chi connectivity index (χ2v) is 8.54. The van der Waals surface area contributed by atoms with Crippen molar-refractivity contribution in [3.05, 3.63) is 35.4 Å². The van der Waals surface area contributed by atoms with Crippen LogP contribution in [0.25, 0.3) is 0 Å². The van der Waals surface area contributed by atoms with Crippen LogP contribution in [0.4, 0.5) is 0 Å². The van der Waals surface area contributed by atoms with Gasteiger partial charge in [-0.25, -0.2) is 8.42 Å². The molecule has 1 aliphatic rings. The summed E-state index contributed by atoms with van der Waals surface area (Å²) in [5.74, 6) is -0.493. The van der Waals surface area contributed by atoms with Crippen molar-refractivity contribution >= 4 is 21.7 Å². The molecule has 9 heteroatoms. The number of nitrogens with one attached hydrogen (secondary N) is 1. The van der Waals surface area contributed by atoms with E-state index in [-0.39, 0.29) is 36.8 Å². The van der Waals surface area contributed by atoms with E-state index in [2.05, 4.69) is 5.32 Å². The molecule has 1 amide bonds. The maximum absolute atomic E-state index is 12.6. The van der Waals surface area contributed by atoms with E-state index in [1.54, 1.807) is 24.3 Å². The summed E-state index contributed by atoms with van der Waals surface area (Å²) in [6.07, 6.45) is 0.434. The molecule has 3 N–H and O–H groups in total. The van der Waals surface area contributed by atoms with E-state index in [1.165, 1.54) is 11.2 Å². The lowest BCUT2D eigenvalue weighted by atomic mass is 10.1. The number of benzene rings is 1. The van der Waals surface area contributed by atoms with E-state index in [0.29, 0.717) is 31.9 Å². The summed E-state index contributed by atoms with van der Waals surface area (Å²) in [6.45, 7) is 3.14. The summed E-state index contributed by atoms with van der Waals surface area (Å²) in [6, 6.07) is 6.50. The maximum Gasteiger partial charge on any atom is 0.220 e. The summed E-state index contributed by atoms with van der Waals surface area (Å²) in [4.78, 5) is 23.1. The molecule has 8 nitrogen and oxygen atoms in total. The van der Waals surface area contributed by atoms with Crippen LogP contribution in [-0.4, -0.2) is 56.8 Å². The Balaban J connectivity index is 1.95. The number of ketones is 1. The summed E-state index contributed by atoms with van der Waals surface area (Å²) >= 11 is 0. The fraction of sp³-hybridized carbons (Fsp3) is 0.556. The predicted octanol–water partition coefficient (Wildman–Crippen LogP) is 0.161. The topological polar surface area (TPSA) is 119 Å². The van der Waals surface area contributed by atoms with Crippen molar-refractivity contribution in [1.82, 2.24) is 9.62 Å². The van der Waals surface area contributed by atoms with Crippen LogP contribution in [0.1, 0.15) is 30.9 Å². The van der Waals surface area contributed by atoms with E-state index < -0.39 is 16.1 Å². The molecule has 1 fully saturated rings. The number of carbonyl (C=O) groups excluding carboxylic acids is 2. The molecule has 0 spiro atoms. The standard InChI is InChI=1S/C18H27N3O5S/c1-14(22)17(19)6-7-18(23)20-12-15-4-2-3-5-16(15)13-27(24,25)21-8-10-26-11-9-21/h2-5,17H,6-13,19H2,1H3,(H,20,23)/t17-/m0/s1. The van der Waals surface area contributed by atoms with Crippen LogP contribution in [0.3, 0.4) is 0 Å². The van der Waals surface area contributed by atoms with Crippen LogP contribution in [-0.2, 0) is 36.6 Å². The van der Waals surface area contributed by atoms with Gasteiger partial charge in [0.15, 0.2) is 0 Å². The van der Waals surface area contributed by atoms with Crippen molar-refractivity contribution in [2.24, 2.45) is 5.73 Å². The number of hydrogen-bond acceptors (Lipinski definition) is 6. The molecule has 0 saturated carbocycles. The highest BCUT2D eigenvalue weighted by molar-refractivity contribution is 7.88. The Morgan fingerprint density at radius 3 is 2.48 bits per heavy atom. The smallest absolute Gasteiger partial charge is 0.220 e. The molecule has 0 radical (unpaired) electrons. The number of ether oxygens (including phenoxy) is 1. The molecular formula is C18H27N3O5S. The third-order valence-electron chi connectivity index (χ3n) is 4.50. The Kier molecular flexibility index (Phi) is 7.91. The molecule has 1 saturated heterocycles. The van der Waals surface area contributed by atoms with Gasteiger partial charge in [0, 0.05) is 26.1 Å². The first-order valence-electron chi connectivity index (χ1n) is 8.94. The van der Waals surface area contributed by atoms with E-state index in [4.69, 9.17) is 10.5 Å². The summed E-state index contributed by atoms with van der Waals surface area (Å²) in [5.41, 5.74) is 7.03. The number of nitrogens with zero attached hydrogens (tertiary/aromatic N) is 1. The number of nitrogens with two attached hydrogens (primary N) is 1. The van der Waals surface area contributed by atoms with Gasteiger partial charge < -0.3 is 15.8 Å². The van der Waals surface area contributed by atoms with Gasteiger partial charge in [-0.3, -0.25) is 9.59 Å². The van der Waals surface area contributed by atoms with Crippen LogP contribution in [0.15, 0.2) is 24.3 Å². The van der Waals surface area contributed by atoms with Crippen LogP contribution < -0.4 is 11.1 Å². The molecule has 2 rings (SSSR count). The normalized spacial score (nSPS) is 16.7. The van der Waals surface area contributed by atoms with Gasteiger partial charge in [-0.1, -0.05) is 24.3 Å². The average molecular weight is 397 g/mol. The zero-order chi connectivity index (χ0) is 19.9. The van der Waals surface area contributed by atoms with Gasteiger partial charge in [0.05, 0.1) is 25.0 Å². The Morgan fingerprint density at radius 2 is 1.85 bits per heavy atom. The third-order valence-corrected chi connectivity index (χ3v) is 6.33. The number of amides is 1. The van der Waals surface area contributed by atoms with Gasteiger partial charge >= 0.3 is 0 Å². The quantitative estimate of drug-likeness (QED) is 0.613. The van der Waals surface area contributed by atoms with Crippen LogP contribution >= 0.6 is 0 Å². The zero-order valence-corrected chi connectivity index (χ0v) is 16.3. The van der Waals surface area contributed by atoms with Gasteiger partial charge in [-0.2, -0.15) is 4.31 Å². The summed E-state index contributed by atoms with van der Waals surface area (Å²) in [7, 11) is -3.44. The Bertz CT molecular complexity index is 760. The third kappa shape index (κ3) is 6.69. The highest BCUT2D eigenvalue weighted by Crippen LogP contribution is 2.16. The van der Waals surface area contributed by atoms with Crippen LogP contribution in [0, 0.1) is 0 Å². The number of carbonyl (C=O) groups is 2. The first-order chi connectivity index (χ1) is 12.8. The molecule has 150 valence electrons. The predicted molar refractivity (Wildman–Crippen MR) is 101 cm³/mol. The van der Waals surface area contributed by atoms with Crippen molar-refractivity contribution in [3.63, 3.8) is 0 Å². The number of sulfonamides is 1. The van der Waals surface area contributed by atoms with Crippen molar-refractivity contribution in [1.29, 1.82) is 0 Å². The fourth-order valence-corrected chi connectivity index (χ4v) is 4.32. The van der Waals surface area contributed by atoms with Gasteiger partial charge in [-0.15, -0.1) is 0 Å². The number of rotatable bonds is 9. The van der Waals surface area contributed by atoms with Crippen molar-refractivity contribution < 1.29 is 22.7 Å². The number of Topliss-reactive ketones (excluding diaryl/α,β-unsaturated/α-hetero) is 1. The maximum atomic E-state index is 12.6. The van der Waals surface area contributed by atoms with Crippen molar-refractivity contribution in [2.45, 2.75) is 38.1 Å². The highest BCUT2D eigenvalue weighted by atomic mass is 32.2. The van der Waals surface area contributed by atoms with Crippen molar-refractivity contribution in [3.8, 4) is 0 Å². The van der Waals surface area contributed by atoms with Crippen molar-refractivity contribution in [2.75, 3.05) is 26.3 Å². The summed E-state index contributed by atoms with van der Waals surface area (Å²) in [5, 5.41) is 2.76. The lowest BCUT2D eigenvalue weighted by Crippen LogP contribution is -2.41. The fourth-order valence-electron chi connectivity index (χ4n) is 2.76. The minimum absolute atomic E-state index is 0.117. The first-order valence-corrected chi connectivity index (χ1v) is 10.6. The Labute approximate surface area is 160 Å². The monoisotopic (exact) mass is 397 g/mol.